The smallest absolute Gasteiger partial charge is 0.307 e. The lowest BCUT2D eigenvalue weighted by atomic mass is 10.3. The van der Waals surface area contributed by atoms with Gasteiger partial charge in [0.25, 0.3) is 0 Å². The second-order valence-electron chi connectivity index (χ2n) is 5.86. The van der Waals surface area contributed by atoms with Crippen molar-refractivity contribution >= 4 is 35.1 Å². The van der Waals surface area contributed by atoms with Crippen molar-refractivity contribution in [2.75, 3.05) is 12.0 Å². The summed E-state index contributed by atoms with van der Waals surface area (Å²) in [6, 6.07) is 9.58. The molecule has 2 amide bonds. The van der Waals surface area contributed by atoms with Crippen LogP contribution in [0.15, 0.2) is 52.5 Å². The molecule has 3 rings (SSSR count). The summed E-state index contributed by atoms with van der Waals surface area (Å²) in [5.41, 5.74) is 0.504. The average Bonchev–Trinajstić information content (AvgIpc) is 2.54. The zero-order valence-corrected chi connectivity index (χ0v) is 15.3. The van der Waals surface area contributed by atoms with Gasteiger partial charge in [-0.05, 0) is 44.2 Å². The normalized spacial score (nSPS) is 21.3. The Morgan fingerprint density at radius 3 is 2.62 bits per heavy atom. The van der Waals surface area contributed by atoms with Crippen LogP contribution in [0.1, 0.15) is 13.8 Å². The van der Waals surface area contributed by atoms with Gasteiger partial charge in [0.15, 0.2) is 0 Å². The minimum atomic E-state index is -3.09. The van der Waals surface area contributed by atoms with Crippen LogP contribution in [0.2, 0.25) is 0 Å². The molecule has 2 unspecified atom stereocenters. The first-order chi connectivity index (χ1) is 11.3. The maximum atomic E-state index is 13.3. The number of fused-ring (bicyclic) bond motifs is 1. The summed E-state index contributed by atoms with van der Waals surface area (Å²) in [4.78, 5) is 16.8. The lowest BCUT2D eigenvalue weighted by Gasteiger charge is -2.37. The van der Waals surface area contributed by atoms with Crippen LogP contribution in [0.25, 0.3) is 0 Å². The number of urea groups is 1. The molecule has 0 bridgehead atoms. The fourth-order valence-corrected chi connectivity index (χ4v) is 6.36. The standard InChI is InChI=1S/C16H18N3O3PS/c1-11(2)19-16(20)18-13-8-7-12(10-14(13)23(19,3)21)24(22)15-6-4-5-9-17-15/h4-11H,1-3H3,(H,18,20). The third kappa shape index (κ3) is 2.78. The van der Waals surface area contributed by atoms with Crippen LogP contribution in [0, 0.1) is 0 Å². The molecule has 0 spiro atoms. The van der Waals surface area contributed by atoms with Crippen LogP contribution < -0.4 is 10.6 Å². The molecule has 1 aromatic heterocycles. The average molecular weight is 363 g/mol. The van der Waals surface area contributed by atoms with E-state index in [0.717, 1.165) is 0 Å². The van der Waals surface area contributed by atoms with E-state index in [0.29, 0.717) is 20.9 Å². The van der Waals surface area contributed by atoms with Crippen molar-refractivity contribution in [2.45, 2.75) is 29.8 Å². The fourth-order valence-electron chi connectivity index (χ4n) is 2.79. The summed E-state index contributed by atoms with van der Waals surface area (Å²) >= 11 is 0. The van der Waals surface area contributed by atoms with Crippen molar-refractivity contribution < 1.29 is 13.6 Å². The Kier molecular flexibility index (Phi) is 4.32. The summed E-state index contributed by atoms with van der Waals surface area (Å²) < 4.78 is 27.3. The quantitative estimate of drug-likeness (QED) is 0.850. The highest BCUT2D eigenvalue weighted by Gasteiger charge is 2.40. The van der Waals surface area contributed by atoms with E-state index in [1.165, 1.54) is 4.67 Å². The molecule has 0 radical (unpaired) electrons. The Morgan fingerprint density at radius 2 is 2.00 bits per heavy atom. The van der Waals surface area contributed by atoms with Gasteiger partial charge in [-0.2, -0.15) is 0 Å². The number of rotatable bonds is 3. The molecule has 2 atom stereocenters. The number of aromatic nitrogens is 1. The largest absolute Gasteiger partial charge is 0.327 e. The third-order valence-corrected chi connectivity index (χ3v) is 7.84. The SMILES string of the molecule is CC(C)N1C(=O)Nc2ccc(S(=O)c3ccccn3)cc2P1(C)=O. The minimum absolute atomic E-state index is 0.209. The zero-order valence-electron chi connectivity index (χ0n) is 13.6. The van der Waals surface area contributed by atoms with E-state index >= 15 is 0 Å². The van der Waals surface area contributed by atoms with E-state index in [-0.39, 0.29) is 12.1 Å². The monoisotopic (exact) mass is 363 g/mol. The van der Waals surface area contributed by atoms with Crippen molar-refractivity contribution in [1.29, 1.82) is 0 Å². The van der Waals surface area contributed by atoms with Crippen molar-refractivity contribution in [1.82, 2.24) is 9.65 Å². The zero-order chi connectivity index (χ0) is 17.5. The van der Waals surface area contributed by atoms with Gasteiger partial charge in [0, 0.05) is 23.8 Å². The Morgan fingerprint density at radius 1 is 1.25 bits per heavy atom. The lowest BCUT2D eigenvalue weighted by molar-refractivity contribution is 0.229. The van der Waals surface area contributed by atoms with Crippen LogP contribution in [0.5, 0.6) is 0 Å². The van der Waals surface area contributed by atoms with Gasteiger partial charge in [-0.3, -0.25) is 9.24 Å². The Bertz CT molecular complexity index is 870. The molecule has 6 nitrogen and oxygen atoms in total. The highest BCUT2D eigenvalue weighted by molar-refractivity contribution is 7.85. The molecule has 1 N–H and O–H groups in total. The van der Waals surface area contributed by atoms with Crippen molar-refractivity contribution in [3.05, 3.63) is 42.6 Å². The van der Waals surface area contributed by atoms with E-state index < -0.39 is 18.1 Å². The van der Waals surface area contributed by atoms with Gasteiger partial charge in [0.2, 0.25) is 7.29 Å². The van der Waals surface area contributed by atoms with Crippen molar-refractivity contribution in [2.24, 2.45) is 0 Å². The fraction of sp³-hybridized carbons (Fsp3) is 0.250. The van der Waals surface area contributed by atoms with Crippen LogP contribution in [-0.2, 0) is 15.4 Å². The highest BCUT2D eigenvalue weighted by Crippen LogP contribution is 2.51. The molecule has 0 aliphatic carbocycles. The van der Waals surface area contributed by atoms with Crippen LogP contribution in [0.4, 0.5) is 10.5 Å². The van der Waals surface area contributed by atoms with E-state index in [2.05, 4.69) is 10.3 Å². The first-order valence-electron chi connectivity index (χ1n) is 7.48. The number of benzene rings is 1. The van der Waals surface area contributed by atoms with Crippen LogP contribution >= 0.6 is 7.29 Å². The molecule has 0 saturated heterocycles. The molecule has 0 fully saturated rings. The molecule has 24 heavy (non-hydrogen) atoms. The molecule has 1 aliphatic rings. The second-order valence-corrected chi connectivity index (χ2v) is 9.96. The summed E-state index contributed by atoms with van der Waals surface area (Å²) in [6.07, 6.45) is 1.58. The Balaban J connectivity index is 2.09. The van der Waals surface area contributed by atoms with Gasteiger partial charge < -0.3 is 5.32 Å². The molecule has 2 heterocycles. The number of amides is 2. The molecule has 8 heteroatoms. The predicted octanol–water partition coefficient (Wildman–Crippen LogP) is 3.04. The van der Waals surface area contributed by atoms with E-state index in [9.17, 15) is 13.6 Å². The van der Waals surface area contributed by atoms with Crippen LogP contribution in [0.3, 0.4) is 0 Å². The maximum Gasteiger partial charge on any atom is 0.327 e. The summed E-state index contributed by atoms with van der Waals surface area (Å²) in [5.74, 6) is 0. The molecule has 0 saturated carbocycles. The van der Waals surface area contributed by atoms with Gasteiger partial charge in [-0.15, -0.1) is 0 Å². The molecule has 1 aromatic carbocycles. The number of nitrogens with zero attached hydrogens (tertiary/aromatic N) is 2. The van der Waals surface area contributed by atoms with Gasteiger partial charge in [0.05, 0.1) is 11.0 Å². The maximum absolute atomic E-state index is 13.3. The van der Waals surface area contributed by atoms with E-state index in [1.54, 1.807) is 49.3 Å². The van der Waals surface area contributed by atoms with Crippen LogP contribution in [-0.4, -0.2) is 32.6 Å². The number of carbonyl (C=O) groups excluding carboxylic acids is 1. The third-order valence-electron chi connectivity index (χ3n) is 3.81. The number of pyridine rings is 1. The molecule has 126 valence electrons. The second kappa shape index (κ2) is 6.15. The first-order valence-corrected chi connectivity index (χ1v) is 10.7. The van der Waals surface area contributed by atoms with Gasteiger partial charge in [0.1, 0.15) is 15.8 Å². The first kappa shape index (κ1) is 16.9. The Hall–Kier alpha value is -1.98. The van der Waals surface area contributed by atoms with Crippen molar-refractivity contribution in [3.8, 4) is 0 Å². The molecule has 1 aliphatic heterocycles. The minimum Gasteiger partial charge on any atom is -0.307 e. The molecule has 2 aromatic rings. The predicted molar refractivity (Wildman–Crippen MR) is 94.5 cm³/mol. The number of anilines is 1. The van der Waals surface area contributed by atoms with Gasteiger partial charge in [-0.1, -0.05) is 6.07 Å². The summed E-state index contributed by atoms with van der Waals surface area (Å²) in [5, 5.41) is 3.70. The molecular formula is C16H18N3O3PS. The number of hydrogen-bond donors (Lipinski definition) is 1. The van der Waals surface area contributed by atoms with Gasteiger partial charge in [-0.25, -0.2) is 14.0 Å². The van der Waals surface area contributed by atoms with E-state index in [1.807, 2.05) is 13.8 Å². The van der Waals surface area contributed by atoms with Gasteiger partial charge >= 0.3 is 6.03 Å². The topological polar surface area (TPSA) is 79.4 Å². The summed E-state index contributed by atoms with van der Waals surface area (Å²) in [6.45, 7) is 5.20. The number of carbonyl (C=O) groups is 1. The number of hydrogen-bond acceptors (Lipinski definition) is 4. The summed E-state index contributed by atoms with van der Waals surface area (Å²) in [7, 11) is -4.56. The number of nitrogens with one attached hydrogen (secondary N) is 1. The molecular weight excluding hydrogens is 345 g/mol. The highest BCUT2D eigenvalue weighted by atomic mass is 32.2. The Labute approximate surface area is 143 Å². The van der Waals surface area contributed by atoms with E-state index in [4.69, 9.17) is 0 Å². The van der Waals surface area contributed by atoms with Crippen molar-refractivity contribution in [3.63, 3.8) is 0 Å². The lowest BCUT2D eigenvalue weighted by Crippen LogP contribution is -2.44.